The molecule has 20 heavy (non-hydrogen) atoms. The Hall–Kier alpha value is -1.46. The van der Waals surface area contributed by atoms with Gasteiger partial charge in [-0.15, -0.1) is 0 Å². The molecule has 0 aromatic heterocycles. The van der Waals surface area contributed by atoms with Crippen molar-refractivity contribution in [2.45, 2.75) is 19.4 Å². The third-order valence-corrected chi connectivity index (χ3v) is 3.19. The van der Waals surface area contributed by atoms with E-state index in [0.717, 1.165) is 16.1 Å². The topological polar surface area (TPSA) is 35.2 Å². The molecule has 2 rings (SSSR count). The highest BCUT2D eigenvalue weighted by Gasteiger charge is 2.13. The monoisotopic (exact) mass is 341 g/mol. The predicted molar refractivity (Wildman–Crippen MR) is 77.9 cm³/mol. The zero-order chi connectivity index (χ0) is 14.7. The number of hydrogen-bond donors (Lipinski definition) is 1. The molecule has 0 radical (unpaired) electrons. The smallest absolute Gasteiger partial charge is 0.201 e. The molecule has 0 fully saturated rings. The van der Waals surface area contributed by atoms with Crippen LogP contribution < -0.4 is 10.5 Å². The first kappa shape index (κ1) is 14.9. The highest BCUT2D eigenvalue weighted by Crippen LogP contribution is 2.31. The minimum atomic E-state index is -0.998. The molecule has 0 amide bonds. The summed E-state index contributed by atoms with van der Waals surface area (Å²) in [5.74, 6) is -1.61. The maximum atomic E-state index is 13.6. The van der Waals surface area contributed by atoms with E-state index in [2.05, 4.69) is 15.9 Å². The Morgan fingerprint density at radius 3 is 2.65 bits per heavy atom. The first-order valence-electron chi connectivity index (χ1n) is 6.13. The molecule has 0 aliphatic heterocycles. The third kappa shape index (κ3) is 3.55. The summed E-state index contributed by atoms with van der Waals surface area (Å²) in [5.41, 5.74) is 6.62. The lowest BCUT2D eigenvalue weighted by Crippen LogP contribution is -2.18. The van der Waals surface area contributed by atoms with Gasteiger partial charge in [0.2, 0.25) is 5.82 Å². The Bertz CT molecular complexity index is 617. The quantitative estimate of drug-likeness (QED) is 0.893. The normalized spacial score (nSPS) is 12.2. The Balaban J connectivity index is 2.35. The maximum absolute atomic E-state index is 13.6. The van der Waals surface area contributed by atoms with Crippen LogP contribution in [-0.2, 0) is 6.42 Å². The molecule has 2 N–H and O–H groups in total. The van der Waals surface area contributed by atoms with Crippen molar-refractivity contribution < 1.29 is 13.5 Å². The molecule has 0 saturated carbocycles. The van der Waals surface area contributed by atoms with E-state index in [9.17, 15) is 8.78 Å². The second-order valence-electron chi connectivity index (χ2n) is 4.59. The maximum Gasteiger partial charge on any atom is 0.201 e. The molecule has 1 unspecified atom stereocenters. The SMILES string of the molecule is CC(N)Cc1cc(Br)ccc1Oc1cccc(F)c1F. The summed E-state index contributed by atoms with van der Waals surface area (Å²) in [5, 5.41) is 0. The van der Waals surface area contributed by atoms with E-state index in [-0.39, 0.29) is 11.8 Å². The first-order chi connectivity index (χ1) is 9.47. The summed E-state index contributed by atoms with van der Waals surface area (Å²) >= 11 is 3.37. The molecule has 0 aliphatic carbocycles. The first-order valence-corrected chi connectivity index (χ1v) is 6.92. The minimum absolute atomic E-state index is 0.0657. The number of nitrogens with two attached hydrogens (primary N) is 1. The van der Waals surface area contributed by atoms with E-state index < -0.39 is 11.6 Å². The molecule has 0 bridgehead atoms. The molecule has 0 heterocycles. The summed E-state index contributed by atoms with van der Waals surface area (Å²) in [6.07, 6.45) is 0.575. The average molecular weight is 342 g/mol. The number of halogens is 3. The fourth-order valence-corrected chi connectivity index (χ4v) is 2.24. The van der Waals surface area contributed by atoms with Gasteiger partial charge in [0, 0.05) is 10.5 Å². The standard InChI is InChI=1S/C15H14BrF2NO/c1-9(19)7-10-8-11(16)5-6-13(10)20-14-4-2-3-12(17)15(14)18/h2-6,8-9H,7,19H2,1H3. The van der Waals surface area contributed by atoms with Crippen molar-refractivity contribution in [1.82, 2.24) is 0 Å². The van der Waals surface area contributed by atoms with E-state index in [4.69, 9.17) is 10.5 Å². The lowest BCUT2D eigenvalue weighted by atomic mass is 10.1. The molecular weight excluding hydrogens is 328 g/mol. The van der Waals surface area contributed by atoms with Crippen LogP contribution in [-0.4, -0.2) is 6.04 Å². The van der Waals surface area contributed by atoms with E-state index in [0.29, 0.717) is 12.2 Å². The molecule has 5 heteroatoms. The molecule has 0 spiro atoms. The van der Waals surface area contributed by atoms with Crippen LogP contribution in [0.15, 0.2) is 40.9 Å². The van der Waals surface area contributed by atoms with Crippen molar-refractivity contribution >= 4 is 15.9 Å². The molecule has 0 aliphatic rings. The van der Waals surface area contributed by atoms with Crippen molar-refractivity contribution in [3.63, 3.8) is 0 Å². The Kier molecular flexibility index (Phi) is 4.73. The van der Waals surface area contributed by atoms with Gasteiger partial charge in [-0.1, -0.05) is 22.0 Å². The summed E-state index contributed by atoms with van der Waals surface area (Å²) < 4.78 is 33.2. The van der Waals surface area contributed by atoms with Gasteiger partial charge in [-0.3, -0.25) is 0 Å². The highest BCUT2D eigenvalue weighted by molar-refractivity contribution is 9.10. The average Bonchev–Trinajstić information content (AvgIpc) is 2.37. The van der Waals surface area contributed by atoms with Gasteiger partial charge in [0.05, 0.1) is 0 Å². The molecule has 106 valence electrons. The lowest BCUT2D eigenvalue weighted by Gasteiger charge is -2.14. The number of benzene rings is 2. The number of ether oxygens (including phenoxy) is 1. The molecule has 2 nitrogen and oxygen atoms in total. The van der Waals surface area contributed by atoms with Crippen LogP contribution in [0, 0.1) is 11.6 Å². The van der Waals surface area contributed by atoms with Gasteiger partial charge < -0.3 is 10.5 Å². The molecule has 0 saturated heterocycles. The van der Waals surface area contributed by atoms with Crippen LogP contribution >= 0.6 is 15.9 Å². The third-order valence-electron chi connectivity index (χ3n) is 2.70. The van der Waals surface area contributed by atoms with Gasteiger partial charge in [0.25, 0.3) is 0 Å². The van der Waals surface area contributed by atoms with Crippen LogP contribution in [0.3, 0.4) is 0 Å². The molecular formula is C15H14BrF2NO. The second-order valence-corrected chi connectivity index (χ2v) is 5.50. The summed E-state index contributed by atoms with van der Waals surface area (Å²) in [6.45, 7) is 1.87. The van der Waals surface area contributed by atoms with Crippen molar-refractivity contribution in [2.24, 2.45) is 5.73 Å². The zero-order valence-corrected chi connectivity index (χ0v) is 12.5. The van der Waals surface area contributed by atoms with Gasteiger partial charge in [-0.25, -0.2) is 4.39 Å². The molecule has 2 aromatic carbocycles. The second kappa shape index (κ2) is 6.33. The highest BCUT2D eigenvalue weighted by atomic mass is 79.9. The summed E-state index contributed by atoms with van der Waals surface area (Å²) in [6, 6.07) is 9.10. The molecule has 2 aromatic rings. The van der Waals surface area contributed by atoms with Crippen molar-refractivity contribution in [3.05, 3.63) is 58.1 Å². The van der Waals surface area contributed by atoms with Gasteiger partial charge in [-0.2, -0.15) is 4.39 Å². The van der Waals surface area contributed by atoms with Gasteiger partial charge in [0.15, 0.2) is 11.6 Å². The van der Waals surface area contributed by atoms with Crippen LogP contribution in [0.5, 0.6) is 11.5 Å². The molecule has 1 atom stereocenters. The number of rotatable bonds is 4. The summed E-state index contributed by atoms with van der Waals surface area (Å²) in [4.78, 5) is 0. The largest absolute Gasteiger partial charge is 0.454 e. The predicted octanol–water partition coefficient (Wildman–Crippen LogP) is 4.41. The van der Waals surface area contributed by atoms with E-state index in [1.807, 2.05) is 13.0 Å². The van der Waals surface area contributed by atoms with Crippen LogP contribution in [0.2, 0.25) is 0 Å². The van der Waals surface area contributed by atoms with Crippen LogP contribution in [0.4, 0.5) is 8.78 Å². The van der Waals surface area contributed by atoms with Crippen molar-refractivity contribution in [1.29, 1.82) is 0 Å². The van der Waals surface area contributed by atoms with E-state index in [1.54, 1.807) is 12.1 Å². The van der Waals surface area contributed by atoms with Gasteiger partial charge in [-0.05, 0) is 49.2 Å². The fourth-order valence-electron chi connectivity index (χ4n) is 1.84. The Morgan fingerprint density at radius 2 is 1.95 bits per heavy atom. The van der Waals surface area contributed by atoms with E-state index >= 15 is 0 Å². The van der Waals surface area contributed by atoms with Gasteiger partial charge in [0.1, 0.15) is 5.75 Å². The van der Waals surface area contributed by atoms with Crippen LogP contribution in [0.1, 0.15) is 12.5 Å². The number of hydrogen-bond acceptors (Lipinski definition) is 2. The Labute approximate surface area is 124 Å². The zero-order valence-electron chi connectivity index (χ0n) is 10.9. The fraction of sp³-hybridized carbons (Fsp3) is 0.200. The van der Waals surface area contributed by atoms with E-state index in [1.165, 1.54) is 12.1 Å². The minimum Gasteiger partial charge on any atom is -0.454 e. The van der Waals surface area contributed by atoms with Crippen molar-refractivity contribution in [2.75, 3.05) is 0 Å². The lowest BCUT2D eigenvalue weighted by molar-refractivity contribution is 0.412. The van der Waals surface area contributed by atoms with Crippen LogP contribution in [0.25, 0.3) is 0 Å². The van der Waals surface area contributed by atoms with Gasteiger partial charge >= 0.3 is 0 Å². The van der Waals surface area contributed by atoms with Crippen molar-refractivity contribution in [3.8, 4) is 11.5 Å². The Morgan fingerprint density at radius 1 is 1.20 bits per heavy atom. The summed E-state index contributed by atoms with van der Waals surface area (Å²) in [7, 11) is 0.